The molecule has 1 aromatic rings. The number of urea groups is 1. The molecule has 0 aromatic heterocycles. The normalized spacial score (nSPS) is 35.4. The van der Waals surface area contributed by atoms with Crippen LogP contribution in [-0.2, 0) is 46.7 Å². The molecule has 1 spiro atoms. The van der Waals surface area contributed by atoms with E-state index in [0.717, 1.165) is 67.6 Å². The average Bonchev–Trinajstić information content (AvgIpc) is 3.64. The highest BCUT2D eigenvalue weighted by atomic mass is 33.1. The molecule has 7 aliphatic rings. The number of nitrogens with one attached hydrogen (secondary N) is 5. The number of benzene rings is 1. The predicted octanol–water partition coefficient (Wildman–Crippen LogP) is 5.17. The number of fused-ring (bicyclic) bond motifs is 3. The van der Waals surface area contributed by atoms with Crippen molar-refractivity contribution in [1.82, 2.24) is 26.6 Å². The van der Waals surface area contributed by atoms with Crippen molar-refractivity contribution in [1.29, 1.82) is 0 Å². The molecule has 6 saturated heterocycles. The number of hydrogen-bond acceptors (Lipinski definition) is 11. The van der Waals surface area contributed by atoms with E-state index in [0.29, 0.717) is 55.3 Å². The Bertz CT molecular complexity index is 1580. The first kappa shape index (κ1) is 41.9. The van der Waals surface area contributed by atoms with Gasteiger partial charge in [0, 0.05) is 67.3 Å². The average molecular weight is 834 g/mol. The minimum absolute atomic E-state index is 0.0119. The maximum absolute atomic E-state index is 13.3. The lowest BCUT2D eigenvalue weighted by Gasteiger charge is -2.60. The van der Waals surface area contributed by atoms with E-state index < -0.39 is 17.7 Å². The van der Waals surface area contributed by atoms with E-state index in [2.05, 4.69) is 40.4 Å². The molecule has 56 heavy (non-hydrogen) atoms. The molecule has 6 aliphatic heterocycles. The van der Waals surface area contributed by atoms with E-state index >= 15 is 0 Å². The van der Waals surface area contributed by atoms with Gasteiger partial charge < -0.3 is 36.1 Å². The highest BCUT2D eigenvalue weighted by Crippen LogP contribution is 2.60. The van der Waals surface area contributed by atoms with Gasteiger partial charge in [0.25, 0.3) is 0 Å². The van der Waals surface area contributed by atoms with Crippen molar-refractivity contribution in [3.63, 3.8) is 0 Å². The van der Waals surface area contributed by atoms with Crippen LogP contribution >= 0.6 is 33.3 Å². The van der Waals surface area contributed by atoms with E-state index in [1.165, 1.54) is 0 Å². The summed E-state index contributed by atoms with van der Waals surface area (Å²) in [6, 6.07) is 8.30. The van der Waals surface area contributed by atoms with Crippen LogP contribution in [-0.4, -0.2) is 88.7 Å². The van der Waals surface area contributed by atoms with Crippen LogP contribution in [0.1, 0.15) is 96.1 Å². The summed E-state index contributed by atoms with van der Waals surface area (Å²) in [5.74, 6) is 2.65. The molecule has 2 bridgehead atoms. The largest absolute Gasteiger partial charge is 0.355 e. The number of rotatable bonds is 18. The lowest BCUT2D eigenvalue weighted by Crippen LogP contribution is -2.70. The molecule has 1 aliphatic carbocycles. The molecule has 0 radical (unpaired) electrons. The summed E-state index contributed by atoms with van der Waals surface area (Å²) in [6.45, 7) is 7.80. The highest BCUT2D eigenvalue weighted by molar-refractivity contribution is 8.76. The number of hydrogen-bond donors (Lipinski definition) is 5. The molecule has 1 saturated carbocycles. The molecule has 6 heterocycles. The van der Waals surface area contributed by atoms with Gasteiger partial charge in [0.1, 0.15) is 0 Å². The van der Waals surface area contributed by atoms with Crippen LogP contribution in [0.3, 0.4) is 0 Å². The van der Waals surface area contributed by atoms with E-state index in [4.69, 9.17) is 19.2 Å². The van der Waals surface area contributed by atoms with E-state index in [1.807, 2.05) is 43.0 Å². The maximum Gasteiger partial charge on any atom is 0.315 e. The minimum Gasteiger partial charge on any atom is -0.355 e. The predicted molar refractivity (Wildman–Crippen MR) is 218 cm³/mol. The van der Waals surface area contributed by atoms with Gasteiger partial charge in [-0.25, -0.2) is 14.6 Å². The van der Waals surface area contributed by atoms with Gasteiger partial charge in [-0.1, -0.05) is 66.1 Å². The molecule has 13 nitrogen and oxygen atoms in total. The summed E-state index contributed by atoms with van der Waals surface area (Å²) < 4.78 is 13.0. The monoisotopic (exact) mass is 833 g/mol. The van der Waals surface area contributed by atoms with Crippen molar-refractivity contribution in [3.8, 4) is 0 Å². The van der Waals surface area contributed by atoms with E-state index in [-0.39, 0.29) is 60.2 Å². The van der Waals surface area contributed by atoms with Crippen LogP contribution in [0.4, 0.5) is 4.79 Å². The third-order valence-electron chi connectivity index (χ3n) is 12.7. The number of amides is 5. The number of carbonyl (C=O) groups is 4. The summed E-state index contributed by atoms with van der Waals surface area (Å²) in [5, 5.41) is 15.5. The van der Waals surface area contributed by atoms with Crippen molar-refractivity contribution < 1.29 is 38.4 Å². The molecule has 5 amide bonds. The van der Waals surface area contributed by atoms with Crippen LogP contribution in [0.25, 0.3) is 0 Å². The smallest absolute Gasteiger partial charge is 0.315 e. The first-order chi connectivity index (χ1) is 27.0. The molecule has 11 atom stereocenters. The van der Waals surface area contributed by atoms with Gasteiger partial charge in [0.2, 0.25) is 23.5 Å². The van der Waals surface area contributed by atoms with Crippen LogP contribution in [0.2, 0.25) is 0 Å². The van der Waals surface area contributed by atoms with E-state index in [1.54, 1.807) is 21.6 Å². The standard InChI is InChI=1S/C40H59N5O8S3/c1-24-11-12-29-25(2)31(50-37-40(29)28(24)13-15-39(3,51-37)52-53-40)20-35(48)43-22-27-8-6-7-26(19-27)21-42-34(47)14-17-55-56-18-16-41-33(46)10-5-4-9-32-36-30(23-54-32)44-38(49)45-36/h6-8,19,24-25,28-32,36-37H,4-5,9-18,20-23H2,1-3H3,(H,41,46)(H,42,47)(H,43,48)(H2,44,45,49)/t24-,25-,28+,29+,30-,31-,32-,36-,37-,39+,40-/m1/s1. The second-order valence-corrected chi connectivity index (χ2v) is 20.6. The van der Waals surface area contributed by atoms with Crippen molar-refractivity contribution in [2.45, 2.75) is 139 Å². The van der Waals surface area contributed by atoms with Crippen molar-refractivity contribution in [3.05, 3.63) is 35.4 Å². The fourth-order valence-electron chi connectivity index (χ4n) is 9.65. The first-order valence-electron chi connectivity index (χ1n) is 20.5. The molecular weight excluding hydrogens is 775 g/mol. The SMILES string of the molecule is C[C@H]1[C@@H](CC(=O)NCc2cccc(CNC(=O)CCSSCCNC(=O)CCCC[C@H]3SC[C@H]4NC(=O)N[C@H]43)c2)O[C@@H]2O[C@]3(C)CC[C@H]4[C@H](C)CC[C@@H]1[C@@]24OO3. The highest BCUT2D eigenvalue weighted by Gasteiger charge is 2.69. The van der Waals surface area contributed by atoms with Gasteiger partial charge >= 0.3 is 6.03 Å². The quantitative estimate of drug-likeness (QED) is 0.0574. The number of carbonyl (C=O) groups excluding carboxylic acids is 4. The summed E-state index contributed by atoms with van der Waals surface area (Å²) in [5.41, 5.74) is 1.30. The lowest BCUT2D eigenvalue weighted by atomic mass is 9.57. The lowest BCUT2D eigenvalue weighted by molar-refractivity contribution is -0.570. The van der Waals surface area contributed by atoms with Gasteiger partial charge in [-0.2, -0.15) is 11.8 Å². The number of thioether (sulfide) groups is 1. The topological polar surface area (TPSA) is 165 Å². The fourth-order valence-corrected chi connectivity index (χ4v) is 13.1. The first-order valence-corrected chi connectivity index (χ1v) is 24.1. The second kappa shape index (κ2) is 18.8. The minimum atomic E-state index is -0.841. The summed E-state index contributed by atoms with van der Waals surface area (Å²) in [6.07, 6.45) is 7.01. The van der Waals surface area contributed by atoms with Crippen molar-refractivity contribution in [2.24, 2.45) is 23.7 Å². The maximum atomic E-state index is 13.3. The van der Waals surface area contributed by atoms with E-state index in [9.17, 15) is 19.2 Å². The van der Waals surface area contributed by atoms with Gasteiger partial charge in [0.15, 0.2) is 11.9 Å². The second-order valence-electron chi connectivity index (χ2n) is 16.6. The van der Waals surface area contributed by atoms with Gasteiger partial charge in [-0.05, 0) is 67.9 Å². The Balaban J connectivity index is 0.737. The molecule has 5 N–H and O–H groups in total. The van der Waals surface area contributed by atoms with Gasteiger partial charge in [-0.15, -0.1) is 0 Å². The van der Waals surface area contributed by atoms with Crippen molar-refractivity contribution >= 4 is 57.1 Å². The molecule has 310 valence electrons. The Morgan fingerprint density at radius 1 is 0.911 bits per heavy atom. The molecule has 7 fully saturated rings. The van der Waals surface area contributed by atoms with Gasteiger partial charge in [-0.3, -0.25) is 14.4 Å². The Kier molecular flexibility index (Phi) is 14.1. The summed E-state index contributed by atoms with van der Waals surface area (Å²) >= 11 is 1.90. The fraction of sp³-hybridized carbons (Fsp3) is 0.750. The van der Waals surface area contributed by atoms with Crippen molar-refractivity contribution in [2.75, 3.05) is 23.8 Å². The number of unbranched alkanes of at least 4 members (excludes halogenated alkanes) is 1. The molecule has 16 heteroatoms. The molecule has 0 unspecified atom stereocenters. The molecule has 1 aromatic carbocycles. The Morgan fingerprint density at radius 2 is 1.68 bits per heavy atom. The molecular formula is C40H59N5O8S3. The third kappa shape index (κ3) is 9.79. The summed E-state index contributed by atoms with van der Waals surface area (Å²) in [4.78, 5) is 61.7. The zero-order valence-corrected chi connectivity index (χ0v) is 35.3. The zero-order valence-electron chi connectivity index (χ0n) is 32.8. The Hall–Kier alpha value is -2.21. The summed E-state index contributed by atoms with van der Waals surface area (Å²) in [7, 11) is 3.29. The number of ether oxygens (including phenoxy) is 2. The Labute approximate surface area is 342 Å². The third-order valence-corrected chi connectivity index (χ3v) is 16.7. The zero-order chi connectivity index (χ0) is 39.3. The van der Waals surface area contributed by atoms with Crippen LogP contribution < -0.4 is 26.6 Å². The van der Waals surface area contributed by atoms with Crippen LogP contribution in [0, 0.1) is 23.7 Å². The molecule has 8 rings (SSSR count). The van der Waals surface area contributed by atoms with Gasteiger partial charge in [0.05, 0.1) is 24.6 Å². The Morgan fingerprint density at radius 3 is 2.50 bits per heavy atom. The van der Waals surface area contributed by atoms with Crippen LogP contribution in [0.15, 0.2) is 24.3 Å². The van der Waals surface area contributed by atoms with Crippen LogP contribution in [0.5, 0.6) is 0 Å².